The van der Waals surface area contributed by atoms with Gasteiger partial charge >= 0.3 is 0 Å². The lowest BCUT2D eigenvalue weighted by atomic mass is 10.3. The van der Waals surface area contributed by atoms with Gasteiger partial charge in [-0.25, -0.2) is 0 Å². The van der Waals surface area contributed by atoms with E-state index < -0.39 is 0 Å². The third-order valence-corrected chi connectivity index (χ3v) is 4.57. The van der Waals surface area contributed by atoms with Crippen LogP contribution in [0, 0.1) is 0 Å². The van der Waals surface area contributed by atoms with E-state index in [0.29, 0.717) is 6.54 Å². The first-order valence-corrected chi connectivity index (χ1v) is 8.02. The molecule has 6 nitrogen and oxygen atoms in total. The van der Waals surface area contributed by atoms with E-state index >= 15 is 0 Å². The van der Waals surface area contributed by atoms with Crippen LogP contribution in [0.5, 0.6) is 0 Å². The fourth-order valence-corrected chi connectivity index (χ4v) is 3.39. The summed E-state index contributed by atoms with van der Waals surface area (Å²) < 4.78 is 2.21. The molecule has 0 saturated heterocycles. The SMILES string of the molecule is CC(=O)Nc1ccsc1CNC(C)c1nnc2n1CCC2. The van der Waals surface area contributed by atoms with Crippen LogP contribution in [-0.2, 0) is 24.3 Å². The van der Waals surface area contributed by atoms with E-state index in [1.165, 1.54) is 6.92 Å². The molecule has 3 heterocycles. The van der Waals surface area contributed by atoms with Crippen molar-refractivity contribution in [2.45, 2.75) is 45.8 Å². The van der Waals surface area contributed by atoms with Crippen LogP contribution in [0.25, 0.3) is 0 Å². The predicted molar refractivity (Wildman–Crippen MR) is 82.2 cm³/mol. The number of thiophene rings is 1. The maximum atomic E-state index is 11.2. The number of hydrogen-bond donors (Lipinski definition) is 2. The Morgan fingerprint density at radius 1 is 1.52 bits per heavy atom. The Hall–Kier alpha value is -1.73. The molecule has 2 N–H and O–H groups in total. The normalized spacial score (nSPS) is 15.0. The van der Waals surface area contributed by atoms with Crippen LogP contribution in [-0.4, -0.2) is 20.7 Å². The van der Waals surface area contributed by atoms with Gasteiger partial charge in [-0.15, -0.1) is 21.5 Å². The minimum absolute atomic E-state index is 0.0435. The molecule has 0 fully saturated rings. The second-order valence-corrected chi connectivity index (χ2v) is 6.27. The van der Waals surface area contributed by atoms with Gasteiger partial charge in [-0.05, 0) is 24.8 Å². The van der Waals surface area contributed by atoms with Crippen molar-refractivity contribution in [3.8, 4) is 0 Å². The summed E-state index contributed by atoms with van der Waals surface area (Å²) in [6.07, 6.45) is 2.18. The number of nitrogens with zero attached hydrogens (tertiary/aromatic N) is 3. The standard InChI is InChI=1S/C14H19N5OS/c1-9(14-18-17-13-4-3-6-19(13)14)15-8-12-11(5-7-21-12)16-10(2)20/h5,7,9,15H,3-4,6,8H2,1-2H3,(H,16,20). The Kier molecular flexibility index (Phi) is 4.03. The summed E-state index contributed by atoms with van der Waals surface area (Å²) in [7, 11) is 0. The summed E-state index contributed by atoms with van der Waals surface area (Å²) in [4.78, 5) is 12.3. The Morgan fingerprint density at radius 3 is 3.19 bits per heavy atom. The van der Waals surface area contributed by atoms with Crippen molar-refractivity contribution < 1.29 is 4.79 Å². The number of carbonyl (C=O) groups is 1. The van der Waals surface area contributed by atoms with Crippen molar-refractivity contribution >= 4 is 22.9 Å². The number of nitrogens with one attached hydrogen (secondary N) is 2. The highest BCUT2D eigenvalue weighted by Crippen LogP contribution is 2.24. The van der Waals surface area contributed by atoms with Crippen LogP contribution < -0.4 is 10.6 Å². The van der Waals surface area contributed by atoms with Gasteiger partial charge in [-0.1, -0.05) is 0 Å². The van der Waals surface area contributed by atoms with Crippen LogP contribution in [0.2, 0.25) is 0 Å². The van der Waals surface area contributed by atoms with E-state index in [4.69, 9.17) is 0 Å². The molecule has 0 bridgehead atoms. The van der Waals surface area contributed by atoms with E-state index in [9.17, 15) is 4.79 Å². The van der Waals surface area contributed by atoms with Gasteiger partial charge in [-0.3, -0.25) is 4.79 Å². The number of hydrogen-bond acceptors (Lipinski definition) is 5. The second-order valence-electron chi connectivity index (χ2n) is 5.27. The van der Waals surface area contributed by atoms with Gasteiger partial charge in [0, 0.05) is 31.3 Å². The van der Waals surface area contributed by atoms with Crippen LogP contribution in [0.15, 0.2) is 11.4 Å². The molecule has 0 saturated carbocycles. The number of carbonyl (C=O) groups excluding carboxylic acids is 1. The highest BCUT2D eigenvalue weighted by Gasteiger charge is 2.21. The summed E-state index contributed by atoms with van der Waals surface area (Å²) in [5.41, 5.74) is 0.888. The summed E-state index contributed by atoms with van der Waals surface area (Å²) in [5.74, 6) is 2.05. The minimum Gasteiger partial charge on any atom is -0.325 e. The maximum absolute atomic E-state index is 11.2. The van der Waals surface area contributed by atoms with E-state index in [2.05, 4.69) is 32.3 Å². The zero-order valence-corrected chi connectivity index (χ0v) is 13.0. The van der Waals surface area contributed by atoms with Crippen molar-refractivity contribution in [3.05, 3.63) is 28.0 Å². The van der Waals surface area contributed by atoms with Crippen LogP contribution in [0.1, 0.15) is 42.8 Å². The molecule has 0 radical (unpaired) electrons. The highest BCUT2D eigenvalue weighted by atomic mass is 32.1. The molecule has 21 heavy (non-hydrogen) atoms. The fraction of sp³-hybridized carbons (Fsp3) is 0.500. The summed E-state index contributed by atoms with van der Waals surface area (Å²) in [6, 6.07) is 2.07. The number of anilines is 1. The lowest BCUT2D eigenvalue weighted by Crippen LogP contribution is -2.22. The lowest BCUT2D eigenvalue weighted by Gasteiger charge is -2.14. The first kappa shape index (κ1) is 14.2. The van der Waals surface area contributed by atoms with Gasteiger partial charge in [0.2, 0.25) is 5.91 Å². The van der Waals surface area contributed by atoms with E-state index in [0.717, 1.165) is 41.6 Å². The molecular weight excluding hydrogens is 286 g/mol. The smallest absolute Gasteiger partial charge is 0.221 e. The Labute approximate surface area is 127 Å². The highest BCUT2D eigenvalue weighted by molar-refractivity contribution is 7.10. The molecular formula is C14H19N5OS. The number of rotatable bonds is 5. The molecule has 112 valence electrons. The largest absolute Gasteiger partial charge is 0.325 e. The second kappa shape index (κ2) is 5.95. The molecule has 1 atom stereocenters. The average molecular weight is 305 g/mol. The molecule has 1 amide bonds. The Bertz CT molecular complexity index is 648. The van der Waals surface area contributed by atoms with E-state index in [1.54, 1.807) is 11.3 Å². The predicted octanol–water partition coefficient (Wildman–Crippen LogP) is 2.09. The summed E-state index contributed by atoms with van der Waals surface area (Å²) in [6.45, 7) is 5.34. The van der Waals surface area contributed by atoms with Gasteiger partial charge in [0.25, 0.3) is 0 Å². The quantitative estimate of drug-likeness (QED) is 0.887. The van der Waals surface area contributed by atoms with E-state index in [1.807, 2.05) is 11.4 Å². The van der Waals surface area contributed by atoms with Crippen LogP contribution in [0.3, 0.4) is 0 Å². The van der Waals surface area contributed by atoms with Crippen molar-refractivity contribution in [2.24, 2.45) is 0 Å². The van der Waals surface area contributed by atoms with Crippen molar-refractivity contribution in [1.29, 1.82) is 0 Å². The molecule has 2 aromatic rings. The Balaban J connectivity index is 1.65. The van der Waals surface area contributed by atoms with Gasteiger partial charge < -0.3 is 15.2 Å². The van der Waals surface area contributed by atoms with Crippen molar-refractivity contribution in [3.63, 3.8) is 0 Å². The lowest BCUT2D eigenvalue weighted by molar-refractivity contribution is -0.114. The first-order chi connectivity index (χ1) is 10.1. The van der Waals surface area contributed by atoms with Crippen LogP contribution in [0.4, 0.5) is 5.69 Å². The fourth-order valence-electron chi connectivity index (χ4n) is 2.61. The Morgan fingerprint density at radius 2 is 2.38 bits per heavy atom. The third-order valence-electron chi connectivity index (χ3n) is 3.65. The average Bonchev–Trinajstić information content (AvgIpc) is 3.11. The molecule has 1 unspecified atom stereocenters. The van der Waals surface area contributed by atoms with Gasteiger partial charge in [0.05, 0.1) is 11.7 Å². The minimum atomic E-state index is -0.0435. The number of fused-ring (bicyclic) bond motifs is 1. The topological polar surface area (TPSA) is 71.8 Å². The van der Waals surface area contributed by atoms with Gasteiger partial charge in [0.15, 0.2) is 0 Å². The zero-order valence-electron chi connectivity index (χ0n) is 12.2. The van der Waals surface area contributed by atoms with Gasteiger partial charge in [0.1, 0.15) is 11.6 Å². The van der Waals surface area contributed by atoms with Crippen molar-refractivity contribution in [2.75, 3.05) is 5.32 Å². The molecule has 7 heteroatoms. The summed E-state index contributed by atoms with van der Waals surface area (Å²) in [5, 5.41) is 16.8. The number of aryl methyl sites for hydroxylation is 1. The molecule has 2 aromatic heterocycles. The van der Waals surface area contributed by atoms with Gasteiger partial charge in [-0.2, -0.15) is 0 Å². The number of aromatic nitrogens is 3. The molecule has 1 aliphatic rings. The molecule has 0 spiro atoms. The van der Waals surface area contributed by atoms with Crippen LogP contribution >= 0.6 is 11.3 Å². The first-order valence-electron chi connectivity index (χ1n) is 7.14. The molecule has 3 rings (SSSR count). The van der Waals surface area contributed by atoms with Crippen molar-refractivity contribution in [1.82, 2.24) is 20.1 Å². The molecule has 1 aliphatic heterocycles. The monoisotopic (exact) mass is 305 g/mol. The number of amides is 1. The third kappa shape index (κ3) is 2.98. The zero-order chi connectivity index (χ0) is 14.8. The van der Waals surface area contributed by atoms with E-state index in [-0.39, 0.29) is 11.9 Å². The summed E-state index contributed by atoms with van der Waals surface area (Å²) >= 11 is 1.64. The molecule has 0 aliphatic carbocycles. The molecule has 0 aromatic carbocycles. The maximum Gasteiger partial charge on any atom is 0.221 e.